The number of aliphatic imine (C=N–C) groups is 1. The maximum absolute atomic E-state index is 5.45. The molecule has 2 unspecified atom stereocenters. The largest absolute Gasteiger partial charge is 0.370 e. The number of rotatable bonds is 0. The van der Waals surface area contributed by atoms with E-state index in [1.807, 2.05) is 0 Å². The summed E-state index contributed by atoms with van der Waals surface area (Å²) in [6, 6.07) is 0.874. The Morgan fingerprint density at radius 3 is 2.78 bits per heavy atom. The third-order valence-corrected chi connectivity index (χ3v) is 1.45. The highest BCUT2D eigenvalue weighted by Crippen LogP contribution is 2.04. The summed E-state index contributed by atoms with van der Waals surface area (Å²) in [5.74, 6) is 0.584. The van der Waals surface area contributed by atoms with Gasteiger partial charge in [0, 0.05) is 6.04 Å². The molecule has 0 saturated carbocycles. The fourth-order valence-corrected chi connectivity index (χ4v) is 1.15. The minimum atomic E-state index is 0.390. The van der Waals surface area contributed by atoms with Crippen LogP contribution in [0.5, 0.6) is 0 Å². The van der Waals surface area contributed by atoms with Crippen LogP contribution in [0, 0.1) is 0 Å². The van der Waals surface area contributed by atoms with E-state index in [2.05, 4.69) is 24.2 Å². The lowest BCUT2D eigenvalue weighted by Crippen LogP contribution is -2.44. The SMILES string of the molecule is CC1CC(C)NC(N)=N1. The summed E-state index contributed by atoms with van der Waals surface area (Å²) in [5.41, 5.74) is 5.45. The molecule has 0 aliphatic carbocycles. The Balaban J connectivity index is 2.56. The van der Waals surface area contributed by atoms with Gasteiger partial charge in [-0.1, -0.05) is 0 Å². The van der Waals surface area contributed by atoms with E-state index >= 15 is 0 Å². The van der Waals surface area contributed by atoms with Crippen molar-refractivity contribution < 1.29 is 0 Å². The Kier molecular flexibility index (Phi) is 1.60. The second kappa shape index (κ2) is 2.25. The third-order valence-electron chi connectivity index (χ3n) is 1.45. The van der Waals surface area contributed by atoms with Crippen LogP contribution < -0.4 is 11.1 Å². The number of nitrogens with two attached hydrogens (primary N) is 1. The molecule has 1 aliphatic heterocycles. The van der Waals surface area contributed by atoms with Crippen LogP contribution in [0.2, 0.25) is 0 Å². The molecule has 0 amide bonds. The maximum atomic E-state index is 5.45. The molecule has 1 rings (SSSR count). The van der Waals surface area contributed by atoms with Gasteiger partial charge in [-0.05, 0) is 20.3 Å². The predicted octanol–water partition coefficient (Wildman–Crippen LogP) is 0.0714. The summed E-state index contributed by atoms with van der Waals surface area (Å²) in [4.78, 5) is 4.12. The smallest absolute Gasteiger partial charge is 0.189 e. The van der Waals surface area contributed by atoms with Gasteiger partial charge in [-0.15, -0.1) is 0 Å². The highest BCUT2D eigenvalue weighted by molar-refractivity contribution is 5.78. The summed E-state index contributed by atoms with van der Waals surface area (Å²) in [6.07, 6.45) is 1.08. The van der Waals surface area contributed by atoms with Crippen LogP contribution in [-0.2, 0) is 0 Å². The summed E-state index contributed by atoms with van der Waals surface area (Å²) in [7, 11) is 0. The van der Waals surface area contributed by atoms with Crippen molar-refractivity contribution in [3.63, 3.8) is 0 Å². The molecule has 3 nitrogen and oxygen atoms in total. The quantitative estimate of drug-likeness (QED) is 0.484. The first-order valence-electron chi connectivity index (χ1n) is 3.28. The van der Waals surface area contributed by atoms with Crippen molar-refractivity contribution in [3.05, 3.63) is 0 Å². The maximum Gasteiger partial charge on any atom is 0.189 e. The average Bonchev–Trinajstić information content (AvgIpc) is 1.59. The summed E-state index contributed by atoms with van der Waals surface area (Å²) < 4.78 is 0. The van der Waals surface area contributed by atoms with Crippen molar-refractivity contribution in [2.75, 3.05) is 0 Å². The van der Waals surface area contributed by atoms with Crippen LogP contribution in [-0.4, -0.2) is 18.0 Å². The normalized spacial score (nSPS) is 35.1. The fourth-order valence-electron chi connectivity index (χ4n) is 1.15. The van der Waals surface area contributed by atoms with Crippen molar-refractivity contribution in [2.45, 2.75) is 32.4 Å². The van der Waals surface area contributed by atoms with Gasteiger partial charge in [-0.25, -0.2) is 0 Å². The van der Waals surface area contributed by atoms with Crippen LogP contribution in [0.1, 0.15) is 20.3 Å². The fraction of sp³-hybridized carbons (Fsp3) is 0.833. The van der Waals surface area contributed by atoms with E-state index in [4.69, 9.17) is 5.73 Å². The van der Waals surface area contributed by atoms with Crippen LogP contribution in [0.25, 0.3) is 0 Å². The molecular formula is C6H13N3. The van der Waals surface area contributed by atoms with E-state index in [1.165, 1.54) is 0 Å². The minimum Gasteiger partial charge on any atom is -0.370 e. The number of nitrogens with zero attached hydrogens (tertiary/aromatic N) is 1. The van der Waals surface area contributed by atoms with Gasteiger partial charge in [-0.3, -0.25) is 4.99 Å². The lowest BCUT2D eigenvalue weighted by atomic mass is 10.1. The minimum absolute atomic E-state index is 0.390. The molecule has 0 aromatic carbocycles. The number of hydrogen-bond donors (Lipinski definition) is 2. The number of guanidine groups is 1. The Labute approximate surface area is 55.3 Å². The highest BCUT2D eigenvalue weighted by atomic mass is 15.1. The lowest BCUT2D eigenvalue weighted by Gasteiger charge is -2.22. The van der Waals surface area contributed by atoms with E-state index in [0.717, 1.165) is 6.42 Å². The molecule has 3 heteroatoms. The Morgan fingerprint density at radius 2 is 2.33 bits per heavy atom. The number of nitrogens with one attached hydrogen (secondary N) is 1. The molecule has 0 aromatic heterocycles. The monoisotopic (exact) mass is 127 g/mol. The van der Waals surface area contributed by atoms with Crippen molar-refractivity contribution in [1.29, 1.82) is 0 Å². The standard InChI is InChI=1S/C6H13N3/c1-4-3-5(2)9-6(7)8-4/h4-5H,3H2,1-2H3,(H3,7,8,9). The van der Waals surface area contributed by atoms with E-state index < -0.39 is 0 Å². The molecule has 0 aromatic rings. The van der Waals surface area contributed by atoms with Crippen LogP contribution in [0.3, 0.4) is 0 Å². The molecule has 52 valence electrons. The van der Waals surface area contributed by atoms with Crippen molar-refractivity contribution in [3.8, 4) is 0 Å². The topological polar surface area (TPSA) is 50.4 Å². The van der Waals surface area contributed by atoms with Gasteiger partial charge in [0.05, 0.1) is 6.04 Å². The van der Waals surface area contributed by atoms with Crippen molar-refractivity contribution >= 4 is 5.96 Å². The zero-order chi connectivity index (χ0) is 6.85. The second-order valence-electron chi connectivity index (χ2n) is 2.64. The van der Waals surface area contributed by atoms with Gasteiger partial charge >= 0.3 is 0 Å². The van der Waals surface area contributed by atoms with Gasteiger partial charge in [-0.2, -0.15) is 0 Å². The van der Waals surface area contributed by atoms with Gasteiger partial charge in [0.1, 0.15) is 0 Å². The zero-order valence-electron chi connectivity index (χ0n) is 5.89. The molecule has 0 bridgehead atoms. The van der Waals surface area contributed by atoms with E-state index in [1.54, 1.807) is 0 Å². The first kappa shape index (κ1) is 6.39. The van der Waals surface area contributed by atoms with Gasteiger partial charge < -0.3 is 11.1 Å². The first-order valence-corrected chi connectivity index (χ1v) is 3.28. The van der Waals surface area contributed by atoms with Crippen LogP contribution in [0.4, 0.5) is 0 Å². The Bertz CT molecular complexity index is 130. The average molecular weight is 127 g/mol. The van der Waals surface area contributed by atoms with Gasteiger partial charge in [0.2, 0.25) is 0 Å². The highest BCUT2D eigenvalue weighted by Gasteiger charge is 2.13. The van der Waals surface area contributed by atoms with Gasteiger partial charge in [0.25, 0.3) is 0 Å². The summed E-state index contributed by atoms with van der Waals surface area (Å²) >= 11 is 0. The Morgan fingerprint density at radius 1 is 1.67 bits per heavy atom. The van der Waals surface area contributed by atoms with E-state index in [0.29, 0.717) is 18.0 Å². The third kappa shape index (κ3) is 1.59. The molecule has 0 fully saturated rings. The molecule has 9 heavy (non-hydrogen) atoms. The molecule has 3 N–H and O–H groups in total. The van der Waals surface area contributed by atoms with Gasteiger partial charge in [0.15, 0.2) is 5.96 Å². The lowest BCUT2D eigenvalue weighted by molar-refractivity contribution is 0.510. The van der Waals surface area contributed by atoms with E-state index in [-0.39, 0.29) is 0 Å². The van der Waals surface area contributed by atoms with Crippen LogP contribution in [0.15, 0.2) is 4.99 Å². The second-order valence-corrected chi connectivity index (χ2v) is 2.64. The van der Waals surface area contributed by atoms with Crippen molar-refractivity contribution in [2.24, 2.45) is 10.7 Å². The Hall–Kier alpha value is -0.730. The van der Waals surface area contributed by atoms with Crippen molar-refractivity contribution in [1.82, 2.24) is 5.32 Å². The summed E-state index contributed by atoms with van der Waals surface area (Å²) in [5, 5.41) is 3.04. The molecule has 0 saturated heterocycles. The first-order chi connectivity index (χ1) is 4.18. The van der Waals surface area contributed by atoms with E-state index in [9.17, 15) is 0 Å². The molecule has 2 atom stereocenters. The molecule has 1 aliphatic rings. The molecule has 1 heterocycles. The zero-order valence-corrected chi connectivity index (χ0v) is 5.89. The van der Waals surface area contributed by atoms with Crippen LogP contribution >= 0.6 is 0 Å². The molecular weight excluding hydrogens is 114 g/mol. The predicted molar refractivity (Wildman–Crippen MR) is 38.3 cm³/mol. The number of hydrogen-bond acceptors (Lipinski definition) is 3. The molecule has 0 radical (unpaired) electrons. The molecule has 0 spiro atoms. The summed E-state index contributed by atoms with van der Waals surface area (Å²) in [6.45, 7) is 4.18.